The van der Waals surface area contributed by atoms with E-state index >= 15 is 0 Å². The van der Waals surface area contributed by atoms with E-state index < -0.39 is 11.7 Å². The van der Waals surface area contributed by atoms with Crippen LogP contribution in [-0.2, 0) is 18.9 Å². The summed E-state index contributed by atoms with van der Waals surface area (Å²) in [6.45, 7) is 11.1. The van der Waals surface area contributed by atoms with Crippen LogP contribution in [-0.4, -0.2) is 75.4 Å². The topological polar surface area (TPSA) is 86.3 Å². The fourth-order valence-corrected chi connectivity index (χ4v) is 4.46. The number of fused-ring (bicyclic) bond motifs is 3. The van der Waals surface area contributed by atoms with E-state index in [1.807, 2.05) is 45.0 Å². The normalized spacial score (nSPS) is 12.5. The number of nitrogens with one attached hydrogen (secondary N) is 1. The molecule has 0 bridgehead atoms. The second kappa shape index (κ2) is 15.5. The Morgan fingerprint density at radius 1 is 0.846 bits per heavy atom. The molecule has 0 saturated heterocycles. The first kappa shape index (κ1) is 30.4. The molecule has 1 N–H and O–H groups in total. The predicted molar refractivity (Wildman–Crippen MR) is 152 cm³/mol. The average molecular weight is 541 g/mol. The van der Waals surface area contributed by atoms with Crippen LogP contribution < -0.4 is 5.32 Å². The Morgan fingerprint density at radius 2 is 1.41 bits per heavy atom. The molecule has 0 atom stereocenters. The lowest BCUT2D eigenvalue weighted by molar-refractivity contribution is 0.0488. The molecule has 0 aliphatic heterocycles. The summed E-state index contributed by atoms with van der Waals surface area (Å²) in [7, 11) is 0. The highest BCUT2D eigenvalue weighted by Gasteiger charge is 2.29. The van der Waals surface area contributed by atoms with Gasteiger partial charge >= 0.3 is 12.2 Å². The van der Waals surface area contributed by atoms with Crippen molar-refractivity contribution in [1.29, 1.82) is 0 Å². The van der Waals surface area contributed by atoms with Gasteiger partial charge in [-0.1, -0.05) is 61.9 Å². The molecule has 1 aliphatic rings. The fourth-order valence-electron chi connectivity index (χ4n) is 4.46. The van der Waals surface area contributed by atoms with Crippen LogP contribution in [0.5, 0.6) is 0 Å². The van der Waals surface area contributed by atoms with E-state index in [0.29, 0.717) is 52.5 Å². The van der Waals surface area contributed by atoms with E-state index in [1.54, 1.807) is 4.90 Å². The number of unbranched alkanes of at least 4 members (excludes halogenated alkanes) is 1. The van der Waals surface area contributed by atoms with E-state index in [-0.39, 0.29) is 18.6 Å². The first-order valence-corrected chi connectivity index (χ1v) is 14.0. The lowest BCUT2D eigenvalue weighted by atomic mass is 9.98. The molecule has 8 heteroatoms. The minimum atomic E-state index is -0.524. The van der Waals surface area contributed by atoms with Crippen LogP contribution in [0.1, 0.15) is 64.0 Å². The first-order valence-electron chi connectivity index (χ1n) is 14.0. The summed E-state index contributed by atoms with van der Waals surface area (Å²) in [6.07, 6.45) is 1.89. The highest BCUT2D eigenvalue weighted by molar-refractivity contribution is 5.79. The predicted octanol–water partition coefficient (Wildman–Crippen LogP) is 5.99. The molecule has 0 heterocycles. The minimum Gasteiger partial charge on any atom is -0.448 e. The van der Waals surface area contributed by atoms with Gasteiger partial charge in [-0.05, 0) is 55.9 Å². The maximum atomic E-state index is 13.1. The number of hydrogen-bond acceptors (Lipinski definition) is 6. The van der Waals surface area contributed by atoms with Crippen LogP contribution in [0.25, 0.3) is 11.1 Å². The van der Waals surface area contributed by atoms with Crippen molar-refractivity contribution in [2.75, 3.05) is 52.7 Å². The molecule has 2 aromatic rings. The summed E-state index contributed by atoms with van der Waals surface area (Å²) in [6, 6.07) is 16.6. The molecule has 0 spiro atoms. The Hall–Kier alpha value is -3.10. The molecular formula is C31H44N2O6. The molecule has 8 nitrogen and oxygen atoms in total. The Morgan fingerprint density at radius 3 is 1.97 bits per heavy atom. The van der Waals surface area contributed by atoms with Crippen molar-refractivity contribution in [2.24, 2.45) is 0 Å². The summed E-state index contributed by atoms with van der Waals surface area (Å²) in [5, 5.41) is 2.72. The van der Waals surface area contributed by atoms with Gasteiger partial charge in [-0.15, -0.1) is 0 Å². The van der Waals surface area contributed by atoms with Crippen molar-refractivity contribution in [2.45, 2.75) is 58.5 Å². The van der Waals surface area contributed by atoms with Crippen molar-refractivity contribution in [3.8, 4) is 11.1 Å². The molecule has 39 heavy (non-hydrogen) atoms. The van der Waals surface area contributed by atoms with Gasteiger partial charge in [-0.3, -0.25) is 0 Å². The van der Waals surface area contributed by atoms with Gasteiger partial charge < -0.3 is 29.2 Å². The molecule has 0 aromatic heterocycles. The Labute approximate surface area is 233 Å². The van der Waals surface area contributed by atoms with Crippen molar-refractivity contribution in [1.82, 2.24) is 10.2 Å². The quantitative estimate of drug-likeness (QED) is 0.280. The average Bonchev–Trinajstić information content (AvgIpc) is 3.22. The van der Waals surface area contributed by atoms with E-state index in [1.165, 1.54) is 22.3 Å². The van der Waals surface area contributed by atoms with Crippen LogP contribution in [0.2, 0.25) is 0 Å². The number of benzene rings is 2. The number of carbonyl (C=O) groups is 2. The van der Waals surface area contributed by atoms with Gasteiger partial charge in [0.15, 0.2) is 0 Å². The van der Waals surface area contributed by atoms with Crippen LogP contribution in [0.15, 0.2) is 48.5 Å². The molecule has 2 aromatic carbocycles. The minimum absolute atomic E-state index is 0.0118. The van der Waals surface area contributed by atoms with Gasteiger partial charge in [0, 0.05) is 38.8 Å². The molecular weight excluding hydrogens is 496 g/mol. The molecule has 0 fully saturated rings. The lowest BCUT2D eigenvalue weighted by Gasteiger charge is -2.23. The summed E-state index contributed by atoms with van der Waals surface area (Å²) in [5.41, 5.74) is 4.24. The third-order valence-electron chi connectivity index (χ3n) is 6.38. The molecule has 0 radical (unpaired) electrons. The lowest BCUT2D eigenvalue weighted by Crippen LogP contribution is -2.38. The Bertz CT molecular complexity index is 1010. The monoisotopic (exact) mass is 540 g/mol. The van der Waals surface area contributed by atoms with Gasteiger partial charge in [-0.2, -0.15) is 0 Å². The number of nitrogens with zero attached hydrogens (tertiary/aromatic N) is 1. The SMILES string of the molecule is CCCCOCCN(CCOCCCNC(=O)OC(C)(C)C)C(=O)OCC1c2ccccc2-c2ccccc21. The van der Waals surface area contributed by atoms with Crippen LogP contribution in [0.3, 0.4) is 0 Å². The number of alkyl carbamates (subject to hydrolysis) is 1. The van der Waals surface area contributed by atoms with E-state index in [4.69, 9.17) is 18.9 Å². The fraction of sp³-hybridized carbons (Fsp3) is 0.548. The maximum absolute atomic E-state index is 13.1. The van der Waals surface area contributed by atoms with E-state index in [0.717, 1.165) is 12.8 Å². The maximum Gasteiger partial charge on any atom is 0.409 e. The van der Waals surface area contributed by atoms with Crippen molar-refractivity contribution >= 4 is 12.2 Å². The largest absolute Gasteiger partial charge is 0.448 e. The highest BCUT2D eigenvalue weighted by atomic mass is 16.6. The molecule has 214 valence electrons. The zero-order valence-corrected chi connectivity index (χ0v) is 23.9. The van der Waals surface area contributed by atoms with Crippen LogP contribution in [0, 0.1) is 0 Å². The summed E-state index contributed by atoms with van der Waals surface area (Å²) < 4.78 is 22.5. The molecule has 3 rings (SSSR count). The summed E-state index contributed by atoms with van der Waals surface area (Å²) in [4.78, 5) is 26.5. The second-order valence-electron chi connectivity index (χ2n) is 10.7. The summed E-state index contributed by atoms with van der Waals surface area (Å²) in [5.74, 6) is 0.0118. The first-order chi connectivity index (χ1) is 18.8. The van der Waals surface area contributed by atoms with Gasteiger partial charge in [0.25, 0.3) is 0 Å². The molecule has 1 aliphatic carbocycles. The summed E-state index contributed by atoms with van der Waals surface area (Å²) >= 11 is 0. The standard InChI is InChI=1S/C31H44N2O6/c1-5-6-19-36-21-17-33(18-22-37-20-11-16-32-29(34)39-31(2,3)4)30(35)38-23-28-26-14-9-7-12-24(26)25-13-8-10-15-27(25)28/h7-10,12-15,28H,5-6,11,16-23H2,1-4H3,(H,32,34). The number of hydrogen-bond donors (Lipinski definition) is 1. The third kappa shape index (κ3) is 9.86. The molecule has 0 saturated carbocycles. The van der Waals surface area contributed by atoms with E-state index in [2.05, 4.69) is 36.5 Å². The van der Waals surface area contributed by atoms with Gasteiger partial charge in [0.2, 0.25) is 0 Å². The van der Waals surface area contributed by atoms with Gasteiger partial charge in [0.05, 0.1) is 13.2 Å². The number of carbonyl (C=O) groups excluding carboxylic acids is 2. The van der Waals surface area contributed by atoms with Crippen molar-refractivity contribution < 1.29 is 28.5 Å². The van der Waals surface area contributed by atoms with Crippen LogP contribution >= 0.6 is 0 Å². The number of ether oxygens (including phenoxy) is 4. The second-order valence-corrected chi connectivity index (χ2v) is 10.7. The van der Waals surface area contributed by atoms with Crippen molar-refractivity contribution in [3.63, 3.8) is 0 Å². The smallest absolute Gasteiger partial charge is 0.409 e. The molecule has 0 unspecified atom stereocenters. The van der Waals surface area contributed by atoms with Gasteiger partial charge in [0.1, 0.15) is 12.2 Å². The Balaban J connectivity index is 1.47. The Kier molecular flexibility index (Phi) is 12.1. The molecule has 2 amide bonds. The third-order valence-corrected chi connectivity index (χ3v) is 6.38. The van der Waals surface area contributed by atoms with Crippen molar-refractivity contribution in [3.05, 3.63) is 59.7 Å². The van der Waals surface area contributed by atoms with Crippen LogP contribution in [0.4, 0.5) is 9.59 Å². The number of rotatable bonds is 15. The zero-order chi connectivity index (χ0) is 28.1. The highest BCUT2D eigenvalue weighted by Crippen LogP contribution is 2.44. The van der Waals surface area contributed by atoms with E-state index in [9.17, 15) is 9.59 Å². The number of amides is 2. The van der Waals surface area contributed by atoms with Gasteiger partial charge in [-0.25, -0.2) is 9.59 Å². The zero-order valence-electron chi connectivity index (χ0n) is 23.9.